The number of thiophene rings is 1. The van der Waals surface area contributed by atoms with Crippen molar-refractivity contribution in [2.45, 2.75) is 33.1 Å². The predicted octanol–water partition coefficient (Wildman–Crippen LogP) is 3.93. The number of anilines is 1. The maximum atomic E-state index is 12.7. The van der Waals surface area contributed by atoms with Crippen LogP contribution in [0.25, 0.3) is 0 Å². The van der Waals surface area contributed by atoms with Crippen LogP contribution in [0.15, 0.2) is 24.3 Å². The zero-order chi connectivity index (χ0) is 19.6. The number of aryl methyl sites for hydroxylation is 1. The van der Waals surface area contributed by atoms with Crippen molar-refractivity contribution < 1.29 is 19.1 Å². The minimum Gasteiger partial charge on any atom is -0.453 e. The lowest BCUT2D eigenvalue weighted by atomic mass is 9.88. The van der Waals surface area contributed by atoms with E-state index in [1.54, 1.807) is 12.1 Å². The van der Waals surface area contributed by atoms with Gasteiger partial charge < -0.3 is 10.1 Å². The van der Waals surface area contributed by atoms with E-state index in [2.05, 4.69) is 22.3 Å². The molecular formula is C20H22N2O4S. The summed E-state index contributed by atoms with van der Waals surface area (Å²) < 4.78 is 4.53. The molecule has 1 aliphatic carbocycles. The topological polar surface area (TPSA) is 84.5 Å². The van der Waals surface area contributed by atoms with Gasteiger partial charge in [0.25, 0.3) is 11.8 Å². The van der Waals surface area contributed by atoms with E-state index in [0.29, 0.717) is 22.0 Å². The second kappa shape index (κ2) is 7.92. The number of alkyl carbamates (subject to hydrolysis) is 1. The maximum absolute atomic E-state index is 12.7. The van der Waals surface area contributed by atoms with Crippen molar-refractivity contribution in [3.63, 3.8) is 0 Å². The predicted molar refractivity (Wildman–Crippen MR) is 105 cm³/mol. The lowest BCUT2D eigenvalue weighted by molar-refractivity contribution is 0.0937. The zero-order valence-electron chi connectivity index (χ0n) is 15.5. The van der Waals surface area contributed by atoms with Gasteiger partial charge in [-0.05, 0) is 49.8 Å². The van der Waals surface area contributed by atoms with E-state index in [1.165, 1.54) is 18.4 Å². The second-order valence-corrected chi connectivity index (χ2v) is 7.93. The third-order valence-corrected chi connectivity index (χ3v) is 5.85. The van der Waals surface area contributed by atoms with Crippen LogP contribution in [0, 0.1) is 12.8 Å². The summed E-state index contributed by atoms with van der Waals surface area (Å²) in [5, 5.41) is 5.54. The van der Waals surface area contributed by atoms with Gasteiger partial charge in [-0.25, -0.2) is 4.79 Å². The normalized spacial score (nSPS) is 15.6. The van der Waals surface area contributed by atoms with Crippen LogP contribution in [0.3, 0.4) is 0 Å². The molecular weight excluding hydrogens is 364 g/mol. The number of carbonyl (C=O) groups excluding carboxylic acids is 3. The molecule has 0 aliphatic heterocycles. The molecule has 0 spiro atoms. The first kappa shape index (κ1) is 19.1. The van der Waals surface area contributed by atoms with Crippen LogP contribution in [0.1, 0.15) is 50.1 Å². The quantitative estimate of drug-likeness (QED) is 0.837. The Morgan fingerprint density at radius 2 is 1.85 bits per heavy atom. The molecule has 1 heterocycles. The number of nitrogens with one attached hydrogen (secondary N) is 2. The first-order chi connectivity index (χ1) is 12.9. The van der Waals surface area contributed by atoms with Gasteiger partial charge >= 0.3 is 6.09 Å². The van der Waals surface area contributed by atoms with Crippen LogP contribution in [0.4, 0.5) is 9.80 Å². The molecule has 1 aromatic heterocycles. The summed E-state index contributed by atoms with van der Waals surface area (Å²) in [7, 11) is 1.20. The minimum absolute atomic E-state index is 0.284. The molecule has 2 aromatic rings. The van der Waals surface area contributed by atoms with Crippen LogP contribution in [-0.4, -0.2) is 25.0 Å². The molecule has 0 saturated heterocycles. The van der Waals surface area contributed by atoms with Gasteiger partial charge in [0.1, 0.15) is 5.00 Å². The van der Waals surface area contributed by atoms with Crippen molar-refractivity contribution in [3.05, 3.63) is 51.4 Å². The standard InChI is InChI=1S/C20H22N2O4S/c1-11-4-7-13(8-5-11)17(23)21-19-16(18(24)22-20(25)26-3)14-9-6-12(2)10-15(14)27-19/h4-5,7-8,12H,6,9-10H2,1-3H3,(H,21,23)(H,22,24,25)/t12-/m1/s1. The van der Waals surface area contributed by atoms with Gasteiger partial charge in [-0.1, -0.05) is 24.6 Å². The van der Waals surface area contributed by atoms with Gasteiger partial charge in [-0.3, -0.25) is 14.9 Å². The highest BCUT2D eigenvalue weighted by Gasteiger charge is 2.29. The van der Waals surface area contributed by atoms with Gasteiger partial charge in [-0.2, -0.15) is 0 Å². The molecule has 142 valence electrons. The van der Waals surface area contributed by atoms with E-state index < -0.39 is 12.0 Å². The third kappa shape index (κ3) is 4.19. The van der Waals surface area contributed by atoms with E-state index in [-0.39, 0.29) is 5.91 Å². The fourth-order valence-corrected chi connectivity index (χ4v) is 4.57. The average molecular weight is 386 g/mol. The van der Waals surface area contributed by atoms with Crippen LogP contribution >= 0.6 is 11.3 Å². The van der Waals surface area contributed by atoms with E-state index >= 15 is 0 Å². The summed E-state index contributed by atoms with van der Waals surface area (Å²) in [5.74, 6) is -0.310. The number of methoxy groups -OCH3 is 1. The SMILES string of the molecule is COC(=O)NC(=O)c1c(NC(=O)c2ccc(C)cc2)sc2c1CC[C@@H](C)C2. The molecule has 1 atom stereocenters. The molecule has 0 saturated carbocycles. The van der Waals surface area contributed by atoms with E-state index in [1.807, 2.05) is 19.1 Å². The van der Waals surface area contributed by atoms with Crippen LogP contribution in [0.5, 0.6) is 0 Å². The molecule has 0 unspecified atom stereocenters. The van der Waals surface area contributed by atoms with Gasteiger partial charge in [0.05, 0.1) is 12.7 Å². The molecule has 3 amide bonds. The number of benzene rings is 1. The highest BCUT2D eigenvalue weighted by molar-refractivity contribution is 7.17. The fraction of sp³-hybridized carbons (Fsp3) is 0.350. The van der Waals surface area contributed by atoms with Crippen molar-refractivity contribution in [1.29, 1.82) is 0 Å². The van der Waals surface area contributed by atoms with Crippen molar-refractivity contribution in [3.8, 4) is 0 Å². The third-order valence-electron chi connectivity index (χ3n) is 4.68. The molecule has 7 heteroatoms. The van der Waals surface area contributed by atoms with Gasteiger partial charge in [0.15, 0.2) is 0 Å². The van der Waals surface area contributed by atoms with Crippen molar-refractivity contribution in [1.82, 2.24) is 5.32 Å². The summed E-state index contributed by atoms with van der Waals surface area (Å²) >= 11 is 1.41. The second-order valence-electron chi connectivity index (χ2n) is 6.82. The Hall–Kier alpha value is -2.67. The number of hydrogen-bond acceptors (Lipinski definition) is 5. The molecule has 0 fully saturated rings. The van der Waals surface area contributed by atoms with E-state index in [0.717, 1.165) is 35.3 Å². The Morgan fingerprint density at radius 1 is 1.15 bits per heavy atom. The van der Waals surface area contributed by atoms with Gasteiger partial charge in [0.2, 0.25) is 0 Å². The number of rotatable bonds is 3. The fourth-order valence-electron chi connectivity index (χ4n) is 3.17. The molecule has 1 aliphatic rings. The van der Waals surface area contributed by atoms with Crippen LogP contribution < -0.4 is 10.6 Å². The summed E-state index contributed by atoms with van der Waals surface area (Å²) in [6.07, 6.45) is 1.75. The Morgan fingerprint density at radius 3 is 2.52 bits per heavy atom. The van der Waals surface area contributed by atoms with E-state index in [4.69, 9.17) is 0 Å². The lowest BCUT2D eigenvalue weighted by Gasteiger charge is -2.18. The summed E-state index contributed by atoms with van der Waals surface area (Å²) in [6, 6.07) is 7.21. The molecule has 1 aromatic carbocycles. The molecule has 3 rings (SSSR count). The van der Waals surface area contributed by atoms with Crippen molar-refractivity contribution >= 4 is 34.2 Å². The maximum Gasteiger partial charge on any atom is 0.413 e. The van der Waals surface area contributed by atoms with Gasteiger partial charge in [0, 0.05) is 10.4 Å². The first-order valence-electron chi connectivity index (χ1n) is 8.81. The lowest BCUT2D eigenvalue weighted by Crippen LogP contribution is -2.31. The Balaban J connectivity index is 1.93. The molecule has 0 radical (unpaired) electrons. The van der Waals surface area contributed by atoms with Crippen LogP contribution in [0.2, 0.25) is 0 Å². The Kier molecular flexibility index (Phi) is 5.60. The highest BCUT2D eigenvalue weighted by atomic mass is 32.1. The number of imide groups is 1. The average Bonchev–Trinajstić information content (AvgIpc) is 2.98. The summed E-state index contributed by atoms with van der Waals surface area (Å²) in [6.45, 7) is 4.12. The van der Waals surface area contributed by atoms with Gasteiger partial charge in [-0.15, -0.1) is 11.3 Å². The monoisotopic (exact) mass is 386 g/mol. The number of ether oxygens (including phenoxy) is 1. The highest BCUT2D eigenvalue weighted by Crippen LogP contribution is 2.39. The largest absolute Gasteiger partial charge is 0.453 e. The number of hydrogen-bond donors (Lipinski definition) is 2. The zero-order valence-corrected chi connectivity index (χ0v) is 16.4. The van der Waals surface area contributed by atoms with E-state index in [9.17, 15) is 14.4 Å². The molecule has 6 nitrogen and oxygen atoms in total. The molecule has 2 N–H and O–H groups in total. The smallest absolute Gasteiger partial charge is 0.413 e. The van der Waals surface area contributed by atoms with Crippen molar-refractivity contribution in [2.24, 2.45) is 5.92 Å². The molecule has 0 bridgehead atoms. The van der Waals surface area contributed by atoms with Crippen molar-refractivity contribution in [2.75, 3.05) is 12.4 Å². The number of amides is 3. The molecule has 27 heavy (non-hydrogen) atoms. The summed E-state index contributed by atoms with van der Waals surface area (Å²) in [4.78, 5) is 37.9. The number of carbonyl (C=O) groups is 3. The first-order valence-corrected chi connectivity index (χ1v) is 9.62. The Labute approximate surface area is 161 Å². The Bertz CT molecular complexity index is 886. The van der Waals surface area contributed by atoms with Crippen LogP contribution in [-0.2, 0) is 17.6 Å². The number of fused-ring (bicyclic) bond motifs is 1. The minimum atomic E-state index is -0.820. The summed E-state index contributed by atoms with van der Waals surface area (Å²) in [5.41, 5.74) is 2.86.